The number of nitrogens with one attached hydrogen (secondary N) is 2. The first-order valence-electron chi connectivity index (χ1n) is 10.4. The van der Waals surface area contributed by atoms with E-state index < -0.39 is 12.1 Å². The van der Waals surface area contributed by atoms with Crippen LogP contribution in [0.3, 0.4) is 0 Å². The largest absolute Gasteiger partial charge is 0.358 e. The highest BCUT2D eigenvalue weighted by atomic mass is 19.1. The number of aromatic nitrogens is 2. The number of H-pyrrole nitrogens is 1. The molecule has 3 aliphatic rings. The van der Waals surface area contributed by atoms with Gasteiger partial charge in [0.25, 0.3) is 0 Å². The highest BCUT2D eigenvalue weighted by Crippen LogP contribution is 2.40. The lowest BCUT2D eigenvalue weighted by atomic mass is 10.1. The van der Waals surface area contributed by atoms with E-state index in [0.29, 0.717) is 25.3 Å². The van der Waals surface area contributed by atoms with Gasteiger partial charge in [-0.2, -0.15) is 0 Å². The maximum atomic E-state index is 13.4. The zero-order valence-corrected chi connectivity index (χ0v) is 16.9. The SMILES string of the molecule is Cc1ccc(-c2c[nH]c(/C(=N\C=N)N3CC4CCC(C3)N4C(=O)[C@@H]3C[C@H]3F)c2)cn1. The lowest BCUT2D eigenvalue weighted by Crippen LogP contribution is -2.57. The molecule has 0 spiro atoms. The van der Waals surface area contributed by atoms with Crippen molar-refractivity contribution in [3.05, 3.63) is 42.0 Å². The predicted molar refractivity (Wildman–Crippen MR) is 112 cm³/mol. The molecule has 2 bridgehead atoms. The summed E-state index contributed by atoms with van der Waals surface area (Å²) in [4.78, 5) is 28.7. The van der Waals surface area contributed by atoms with Crippen molar-refractivity contribution in [3.8, 4) is 11.1 Å². The Hall–Kier alpha value is -3.03. The first-order valence-corrected chi connectivity index (χ1v) is 10.4. The molecule has 30 heavy (non-hydrogen) atoms. The van der Waals surface area contributed by atoms with E-state index in [1.165, 1.54) is 0 Å². The van der Waals surface area contributed by atoms with Crippen LogP contribution in [-0.2, 0) is 4.79 Å². The Morgan fingerprint density at radius 3 is 2.63 bits per heavy atom. The molecule has 0 aromatic carbocycles. The zero-order valence-electron chi connectivity index (χ0n) is 16.9. The molecule has 2 aliphatic heterocycles. The van der Waals surface area contributed by atoms with E-state index in [1.807, 2.05) is 42.4 Å². The van der Waals surface area contributed by atoms with Crippen LogP contribution < -0.4 is 0 Å². The van der Waals surface area contributed by atoms with Gasteiger partial charge in [-0.25, -0.2) is 9.38 Å². The molecular weight excluding hydrogens is 383 g/mol. The van der Waals surface area contributed by atoms with Gasteiger partial charge in [0.1, 0.15) is 12.5 Å². The molecule has 2 N–H and O–H groups in total. The Kier molecular flexibility index (Phi) is 4.64. The average Bonchev–Trinajstić information content (AvgIpc) is 3.16. The van der Waals surface area contributed by atoms with Gasteiger partial charge in [-0.15, -0.1) is 0 Å². The quantitative estimate of drug-likeness (QED) is 0.602. The molecule has 2 saturated heterocycles. The smallest absolute Gasteiger partial charge is 0.229 e. The van der Waals surface area contributed by atoms with Gasteiger partial charge < -0.3 is 14.8 Å². The van der Waals surface area contributed by atoms with E-state index in [9.17, 15) is 9.18 Å². The monoisotopic (exact) mass is 408 g/mol. The van der Waals surface area contributed by atoms with Crippen molar-refractivity contribution in [1.29, 1.82) is 5.41 Å². The minimum Gasteiger partial charge on any atom is -0.358 e. The van der Waals surface area contributed by atoms with Crippen LogP contribution in [0, 0.1) is 18.3 Å². The summed E-state index contributed by atoms with van der Waals surface area (Å²) in [7, 11) is 0. The average molecular weight is 408 g/mol. The third-order valence-corrected chi connectivity index (χ3v) is 6.42. The summed E-state index contributed by atoms with van der Waals surface area (Å²) in [6.45, 7) is 3.26. The molecular formula is C22H25FN6O. The summed E-state index contributed by atoms with van der Waals surface area (Å²) in [5, 5.41) is 7.54. The normalized spacial score (nSPS) is 28.0. The van der Waals surface area contributed by atoms with Crippen LogP contribution in [0.5, 0.6) is 0 Å². The lowest BCUT2D eigenvalue weighted by molar-refractivity contribution is -0.138. The number of aromatic amines is 1. The third kappa shape index (κ3) is 3.30. The number of amides is 1. The molecule has 8 heteroatoms. The molecule has 4 heterocycles. The van der Waals surface area contributed by atoms with Crippen molar-refractivity contribution < 1.29 is 9.18 Å². The second kappa shape index (κ2) is 7.34. The number of amidine groups is 1. The standard InChI is InChI=1S/C22H25FN6O/c1-13-2-3-14(8-25-13)15-6-20(26-9-15)21(27-12-24)28-10-16-4-5-17(11-28)29(16)22(30)18-7-19(18)23/h2-3,6,8-9,12,16-19,24,26H,4-5,7,10-11H2,1H3/b24-12?,27-21+/t16?,17?,18-,19-/m1/s1. The highest BCUT2D eigenvalue weighted by molar-refractivity contribution is 6.02. The van der Waals surface area contributed by atoms with E-state index in [-0.39, 0.29) is 18.0 Å². The summed E-state index contributed by atoms with van der Waals surface area (Å²) < 4.78 is 13.4. The van der Waals surface area contributed by atoms with E-state index >= 15 is 0 Å². The maximum Gasteiger partial charge on any atom is 0.229 e. The minimum absolute atomic E-state index is 0.0192. The predicted octanol–water partition coefficient (Wildman–Crippen LogP) is 2.77. The van der Waals surface area contributed by atoms with Crippen molar-refractivity contribution in [3.63, 3.8) is 0 Å². The number of rotatable bonds is 4. The summed E-state index contributed by atoms with van der Waals surface area (Å²) in [5.74, 6) is 0.257. The molecule has 1 amide bonds. The molecule has 7 nitrogen and oxygen atoms in total. The van der Waals surface area contributed by atoms with Crippen molar-refractivity contribution in [1.82, 2.24) is 19.8 Å². The molecule has 156 valence electrons. The summed E-state index contributed by atoms with van der Waals surface area (Å²) in [5.41, 5.74) is 3.82. The Morgan fingerprint density at radius 2 is 2.03 bits per heavy atom. The number of halogens is 1. The summed E-state index contributed by atoms with van der Waals surface area (Å²) >= 11 is 0. The molecule has 1 aliphatic carbocycles. The molecule has 1 saturated carbocycles. The van der Waals surface area contributed by atoms with Crippen LogP contribution in [0.1, 0.15) is 30.7 Å². The number of fused-ring (bicyclic) bond motifs is 2. The number of nitrogens with zero attached hydrogens (tertiary/aromatic N) is 4. The van der Waals surface area contributed by atoms with Crippen LogP contribution >= 0.6 is 0 Å². The number of hydrogen-bond donors (Lipinski definition) is 2. The van der Waals surface area contributed by atoms with E-state index in [4.69, 9.17) is 5.41 Å². The topological polar surface area (TPSA) is 88.4 Å². The number of aliphatic imine (C=N–C) groups is 1. The molecule has 2 unspecified atom stereocenters. The number of pyridine rings is 1. The number of carbonyl (C=O) groups is 1. The fourth-order valence-corrected chi connectivity index (χ4v) is 4.76. The number of carbonyl (C=O) groups excluding carboxylic acids is 1. The van der Waals surface area contributed by atoms with Crippen molar-refractivity contribution in [2.75, 3.05) is 13.1 Å². The van der Waals surface area contributed by atoms with E-state index in [1.54, 1.807) is 0 Å². The van der Waals surface area contributed by atoms with Gasteiger partial charge >= 0.3 is 0 Å². The van der Waals surface area contributed by atoms with Crippen LogP contribution in [0.15, 0.2) is 35.6 Å². The number of piperazine rings is 1. The number of hydrogen-bond acceptors (Lipinski definition) is 3. The highest BCUT2D eigenvalue weighted by Gasteiger charge is 2.51. The van der Waals surface area contributed by atoms with Crippen molar-refractivity contribution in [2.24, 2.45) is 10.9 Å². The second-order valence-electron chi connectivity index (χ2n) is 8.47. The second-order valence-corrected chi connectivity index (χ2v) is 8.47. The molecule has 3 fully saturated rings. The first kappa shape index (κ1) is 19.0. The number of alkyl halides is 1. The Bertz CT molecular complexity index is 985. The van der Waals surface area contributed by atoms with Gasteiger partial charge in [-0.1, -0.05) is 6.07 Å². The lowest BCUT2D eigenvalue weighted by Gasteiger charge is -2.42. The molecule has 4 atom stereocenters. The van der Waals surface area contributed by atoms with E-state index in [0.717, 1.165) is 41.7 Å². The Labute approximate surface area is 174 Å². The number of aryl methyl sites for hydroxylation is 1. The maximum absolute atomic E-state index is 13.4. The van der Waals surface area contributed by atoms with Crippen LogP contribution in [-0.4, -0.2) is 69.2 Å². The third-order valence-electron chi connectivity index (χ3n) is 6.42. The van der Waals surface area contributed by atoms with Gasteiger partial charge in [-0.05, 0) is 38.3 Å². The van der Waals surface area contributed by atoms with Crippen molar-refractivity contribution in [2.45, 2.75) is 44.4 Å². The number of likely N-dealkylation sites (tertiary alicyclic amines) is 1. The van der Waals surface area contributed by atoms with Gasteiger partial charge in [-0.3, -0.25) is 15.2 Å². The van der Waals surface area contributed by atoms with Crippen LogP contribution in [0.2, 0.25) is 0 Å². The molecule has 5 rings (SSSR count). The first-order chi connectivity index (χ1) is 14.5. The summed E-state index contributed by atoms with van der Waals surface area (Å²) in [6, 6.07) is 6.19. The van der Waals surface area contributed by atoms with E-state index in [2.05, 4.69) is 19.9 Å². The van der Waals surface area contributed by atoms with Gasteiger partial charge in [0.2, 0.25) is 5.91 Å². The van der Waals surface area contributed by atoms with Crippen LogP contribution in [0.4, 0.5) is 4.39 Å². The molecule has 2 aromatic rings. The fourth-order valence-electron chi connectivity index (χ4n) is 4.76. The molecule has 0 radical (unpaired) electrons. The fraction of sp³-hybridized carbons (Fsp3) is 0.455. The van der Waals surface area contributed by atoms with Crippen LogP contribution in [0.25, 0.3) is 11.1 Å². The minimum atomic E-state index is -0.960. The zero-order chi connectivity index (χ0) is 20.8. The van der Waals surface area contributed by atoms with Crippen molar-refractivity contribution >= 4 is 18.1 Å². The summed E-state index contributed by atoms with van der Waals surface area (Å²) in [6.07, 6.45) is 6.09. The van der Waals surface area contributed by atoms with Gasteiger partial charge in [0.15, 0.2) is 5.84 Å². The Morgan fingerprint density at radius 1 is 1.30 bits per heavy atom. The molecule has 2 aromatic heterocycles. The Balaban J connectivity index is 1.36. The van der Waals surface area contributed by atoms with Gasteiger partial charge in [0.05, 0.1) is 11.6 Å². The van der Waals surface area contributed by atoms with Gasteiger partial charge in [0, 0.05) is 54.4 Å².